The Balaban J connectivity index is 2.01. The van der Waals surface area contributed by atoms with Crippen LogP contribution in [-0.2, 0) is 4.79 Å². The number of hydrogen-bond acceptors (Lipinski definition) is 3. The number of amides is 3. The maximum absolute atomic E-state index is 12.3. The number of pyridine rings is 1. The van der Waals surface area contributed by atoms with E-state index in [0.717, 1.165) is 24.1 Å². The van der Waals surface area contributed by atoms with Crippen LogP contribution < -0.4 is 10.6 Å². The number of nitrogens with one attached hydrogen (secondary N) is 2. The molecule has 1 aromatic rings. The highest BCUT2D eigenvalue weighted by Gasteiger charge is 2.27. The van der Waals surface area contributed by atoms with Gasteiger partial charge in [0.25, 0.3) is 0 Å². The topological polar surface area (TPSA) is 74.3 Å². The van der Waals surface area contributed by atoms with Crippen LogP contribution in [0.25, 0.3) is 0 Å². The Morgan fingerprint density at radius 3 is 2.76 bits per heavy atom. The Hall–Kier alpha value is -2.11. The van der Waals surface area contributed by atoms with E-state index in [-0.39, 0.29) is 17.9 Å². The number of nitrogens with zero attached hydrogens (tertiary/aromatic N) is 2. The second-order valence-corrected chi connectivity index (χ2v) is 5.50. The molecule has 1 saturated heterocycles. The summed E-state index contributed by atoms with van der Waals surface area (Å²) >= 11 is 0. The first-order valence-corrected chi connectivity index (χ1v) is 7.22. The number of aromatic nitrogens is 1. The molecule has 0 saturated carbocycles. The molecular formula is C15H22N4O2. The summed E-state index contributed by atoms with van der Waals surface area (Å²) in [6.45, 7) is 4.98. The quantitative estimate of drug-likeness (QED) is 0.870. The predicted molar refractivity (Wildman–Crippen MR) is 81.1 cm³/mol. The third-order valence-electron chi connectivity index (χ3n) is 3.66. The Morgan fingerprint density at radius 2 is 2.10 bits per heavy atom. The van der Waals surface area contributed by atoms with Crippen molar-refractivity contribution in [3.05, 3.63) is 23.4 Å². The van der Waals surface area contributed by atoms with E-state index in [2.05, 4.69) is 15.6 Å². The van der Waals surface area contributed by atoms with Crippen LogP contribution in [0.5, 0.6) is 0 Å². The van der Waals surface area contributed by atoms with Gasteiger partial charge in [-0.15, -0.1) is 0 Å². The normalized spacial score (nSPS) is 18.2. The molecule has 2 heterocycles. The van der Waals surface area contributed by atoms with Gasteiger partial charge in [0, 0.05) is 25.8 Å². The average molecular weight is 290 g/mol. The molecule has 0 unspecified atom stereocenters. The maximum Gasteiger partial charge on any atom is 0.323 e. The highest BCUT2D eigenvalue weighted by Crippen LogP contribution is 2.18. The zero-order valence-corrected chi connectivity index (χ0v) is 12.8. The number of carbonyl (C=O) groups is 2. The van der Waals surface area contributed by atoms with Crippen LogP contribution in [0.4, 0.5) is 10.6 Å². The molecule has 1 fully saturated rings. The molecular weight excluding hydrogens is 268 g/mol. The summed E-state index contributed by atoms with van der Waals surface area (Å²) in [5.74, 6) is 0.429. The summed E-state index contributed by atoms with van der Waals surface area (Å²) < 4.78 is 0. The first-order valence-electron chi connectivity index (χ1n) is 7.22. The van der Waals surface area contributed by atoms with Gasteiger partial charge >= 0.3 is 6.03 Å². The second-order valence-electron chi connectivity index (χ2n) is 5.50. The minimum absolute atomic E-state index is 0.00275. The summed E-state index contributed by atoms with van der Waals surface area (Å²) in [7, 11) is 1.63. The zero-order chi connectivity index (χ0) is 15.4. The molecule has 0 spiro atoms. The number of hydrogen-bond donors (Lipinski definition) is 2. The number of likely N-dealkylation sites (tertiary alicyclic amines) is 1. The van der Waals surface area contributed by atoms with Crippen molar-refractivity contribution in [3.8, 4) is 0 Å². The monoisotopic (exact) mass is 290 g/mol. The maximum atomic E-state index is 12.3. The summed E-state index contributed by atoms with van der Waals surface area (Å²) in [5.41, 5.74) is 1.92. The van der Waals surface area contributed by atoms with Gasteiger partial charge in [0.1, 0.15) is 5.82 Å². The zero-order valence-electron chi connectivity index (χ0n) is 12.8. The molecule has 0 aliphatic carbocycles. The van der Waals surface area contributed by atoms with Crippen molar-refractivity contribution in [1.29, 1.82) is 0 Å². The van der Waals surface area contributed by atoms with Crippen molar-refractivity contribution >= 4 is 17.8 Å². The molecule has 6 heteroatoms. The number of aryl methyl sites for hydroxylation is 2. The molecule has 3 amide bonds. The summed E-state index contributed by atoms with van der Waals surface area (Å²) in [6, 6.07) is 3.60. The minimum Gasteiger partial charge on any atom is -0.359 e. The Bertz CT molecular complexity index is 524. The van der Waals surface area contributed by atoms with Gasteiger partial charge in [0.15, 0.2) is 0 Å². The lowest BCUT2D eigenvalue weighted by Crippen LogP contribution is -2.46. The SMILES string of the molecule is CNC(=O)[C@H]1CCCN(C(=O)Nc2cc(C)cc(C)n2)C1. The van der Waals surface area contributed by atoms with Crippen molar-refractivity contribution < 1.29 is 9.59 Å². The van der Waals surface area contributed by atoms with E-state index < -0.39 is 0 Å². The van der Waals surface area contributed by atoms with Gasteiger partial charge in [-0.05, 0) is 44.4 Å². The van der Waals surface area contributed by atoms with Crippen LogP contribution >= 0.6 is 0 Å². The average Bonchev–Trinajstić information content (AvgIpc) is 2.45. The molecule has 1 aliphatic rings. The van der Waals surface area contributed by atoms with Gasteiger partial charge in [0.2, 0.25) is 5.91 Å². The number of carbonyl (C=O) groups excluding carboxylic acids is 2. The van der Waals surface area contributed by atoms with E-state index in [9.17, 15) is 9.59 Å². The molecule has 2 rings (SSSR count). The molecule has 2 N–H and O–H groups in total. The predicted octanol–water partition coefficient (Wildman–Crippen LogP) is 1.69. The highest BCUT2D eigenvalue weighted by molar-refractivity contribution is 5.89. The van der Waals surface area contributed by atoms with Crippen LogP contribution in [0.3, 0.4) is 0 Å². The molecule has 0 radical (unpaired) electrons. The lowest BCUT2D eigenvalue weighted by molar-refractivity contribution is -0.125. The van der Waals surface area contributed by atoms with E-state index in [1.807, 2.05) is 26.0 Å². The van der Waals surface area contributed by atoms with Crippen LogP contribution in [0.15, 0.2) is 12.1 Å². The van der Waals surface area contributed by atoms with E-state index in [1.54, 1.807) is 11.9 Å². The molecule has 1 aliphatic heterocycles. The highest BCUT2D eigenvalue weighted by atomic mass is 16.2. The van der Waals surface area contributed by atoms with Crippen LogP contribution in [-0.4, -0.2) is 42.0 Å². The van der Waals surface area contributed by atoms with Crippen LogP contribution in [0.1, 0.15) is 24.1 Å². The van der Waals surface area contributed by atoms with Gasteiger partial charge in [-0.1, -0.05) is 0 Å². The lowest BCUT2D eigenvalue weighted by Gasteiger charge is -2.31. The van der Waals surface area contributed by atoms with Crippen molar-refractivity contribution in [2.24, 2.45) is 5.92 Å². The summed E-state index contributed by atoms with van der Waals surface area (Å²) in [6.07, 6.45) is 1.66. The molecule has 0 aromatic carbocycles. The number of anilines is 1. The fourth-order valence-corrected chi connectivity index (χ4v) is 2.67. The largest absolute Gasteiger partial charge is 0.359 e. The van der Waals surface area contributed by atoms with E-state index in [1.165, 1.54) is 0 Å². The minimum atomic E-state index is -0.193. The number of urea groups is 1. The van der Waals surface area contributed by atoms with Gasteiger partial charge in [-0.2, -0.15) is 0 Å². The van der Waals surface area contributed by atoms with Crippen molar-refractivity contribution in [2.75, 3.05) is 25.5 Å². The Morgan fingerprint density at radius 1 is 1.33 bits per heavy atom. The van der Waals surface area contributed by atoms with E-state index >= 15 is 0 Å². The molecule has 0 bridgehead atoms. The summed E-state index contributed by atoms with van der Waals surface area (Å²) in [5, 5.41) is 5.46. The third kappa shape index (κ3) is 3.93. The number of piperidine rings is 1. The van der Waals surface area contributed by atoms with E-state index in [4.69, 9.17) is 0 Å². The van der Waals surface area contributed by atoms with Gasteiger partial charge < -0.3 is 10.2 Å². The molecule has 1 aromatic heterocycles. The van der Waals surface area contributed by atoms with Gasteiger partial charge in [0.05, 0.1) is 5.92 Å². The molecule has 6 nitrogen and oxygen atoms in total. The molecule has 114 valence electrons. The smallest absolute Gasteiger partial charge is 0.323 e. The van der Waals surface area contributed by atoms with Crippen LogP contribution in [0.2, 0.25) is 0 Å². The van der Waals surface area contributed by atoms with E-state index in [0.29, 0.717) is 18.9 Å². The van der Waals surface area contributed by atoms with Crippen molar-refractivity contribution in [3.63, 3.8) is 0 Å². The second kappa shape index (κ2) is 6.56. The Labute approximate surface area is 124 Å². The lowest BCUT2D eigenvalue weighted by atomic mass is 9.97. The van der Waals surface area contributed by atoms with Crippen LogP contribution in [0, 0.1) is 19.8 Å². The molecule has 1 atom stereocenters. The molecule has 21 heavy (non-hydrogen) atoms. The third-order valence-corrected chi connectivity index (χ3v) is 3.66. The van der Waals surface area contributed by atoms with Gasteiger partial charge in [-0.3, -0.25) is 10.1 Å². The first kappa shape index (κ1) is 15.3. The summed E-state index contributed by atoms with van der Waals surface area (Å²) in [4.78, 5) is 30.0. The standard InChI is InChI=1S/C15H22N4O2/c1-10-7-11(2)17-13(8-10)18-15(21)19-6-4-5-12(9-19)14(20)16-3/h7-8,12H,4-6,9H2,1-3H3,(H,16,20)(H,17,18,21)/t12-/m0/s1. The van der Waals surface area contributed by atoms with Gasteiger partial charge in [-0.25, -0.2) is 9.78 Å². The fraction of sp³-hybridized carbons (Fsp3) is 0.533. The van der Waals surface area contributed by atoms with Crippen molar-refractivity contribution in [1.82, 2.24) is 15.2 Å². The fourth-order valence-electron chi connectivity index (χ4n) is 2.67. The Kier molecular flexibility index (Phi) is 4.77. The van der Waals surface area contributed by atoms with Crippen molar-refractivity contribution in [2.45, 2.75) is 26.7 Å². The number of rotatable bonds is 2. The first-order chi connectivity index (χ1) is 9.99.